The number of rotatable bonds is 5. The number of carbonyl (C=O) groups is 1. The van der Waals surface area contributed by atoms with Crippen molar-refractivity contribution in [1.29, 1.82) is 0 Å². The lowest BCUT2D eigenvalue weighted by molar-refractivity contribution is -0.117. The summed E-state index contributed by atoms with van der Waals surface area (Å²) in [6.07, 6.45) is 0. The van der Waals surface area contributed by atoms with Gasteiger partial charge in [-0.15, -0.1) is 0 Å². The molecule has 7 heteroatoms. The summed E-state index contributed by atoms with van der Waals surface area (Å²) in [5, 5.41) is 3.99. The molecule has 132 valence electrons. The first kappa shape index (κ1) is 17.9. The largest absolute Gasteiger partial charge is 0.486 e. The molecule has 1 amide bonds. The lowest BCUT2D eigenvalue weighted by Gasteiger charge is -2.22. The third-order valence-electron chi connectivity index (χ3n) is 3.65. The smallest absolute Gasteiger partial charge is 0.238 e. The Morgan fingerprint density at radius 1 is 1.16 bits per heavy atom. The molecule has 1 aliphatic heterocycles. The Labute approximate surface area is 156 Å². The molecule has 1 N–H and O–H groups in total. The van der Waals surface area contributed by atoms with Crippen molar-refractivity contribution < 1.29 is 14.3 Å². The molecule has 0 spiro atoms. The number of hydrogen-bond donors (Lipinski definition) is 1. The van der Waals surface area contributed by atoms with Crippen LogP contribution in [0.5, 0.6) is 11.5 Å². The molecule has 5 nitrogen and oxygen atoms in total. The minimum Gasteiger partial charge on any atom is -0.486 e. The second-order valence-electron chi connectivity index (χ2n) is 5.83. The van der Waals surface area contributed by atoms with Crippen LogP contribution in [-0.4, -0.2) is 37.6 Å². The fourth-order valence-electron chi connectivity index (χ4n) is 2.60. The predicted molar refractivity (Wildman–Crippen MR) is 98.9 cm³/mol. The minimum absolute atomic E-state index is 0.103. The first-order valence-electron chi connectivity index (χ1n) is 7.83. The van der Waals surface area contributed by atoms with E-state index < -0.39 is 0 Å². The average Bonchev–Trinajstić information content (AvgIpc) is 2.57. The first-order valence-corrected chi connectivity index (χ1v) is 8.59. The normalized spacial score (nSPS) is 13.0. The molecule has 3 rings (SSSR count). The molecular weight excluding hydrogens is 363 g/mol. The maximum absolute atomic E-state index is 12.1. The van der Waals surface area contributed by atoms with Gasteiger partial charge in [0.25, 0.3) is 0 Å². The zero-order valence-corrected chi connectivity index (χ0v) is 15.2. The van der Waals surface area contributed by atoms with Crippen molar-refractivity contribution in [3.63, 3.8) is 0 Å². The molecule has 0 unspecified atom stereocenters. The Bertz CT molecular complexity index is 766. The van der Waals surface area contributed by atoms with Gasteiger partial charge in [0, 0.05) is 17.3 Å². The Morgan fingerprint density at radius 3 is 2.64 bits per heavy atom. The number of fused-ring (bicyclic) bond motifs is 1. The van der Waals surface area contributed by atoms with E-state index in [4.69, 9.17) is 32.7 Å². The van der Waals surface area contributed by atoms with E-state index in [1.807, 2.05) is 24.1 Å². The lowest BCUT2D eigenvalue weighted by atomic mass is 10.2. The molecule has 0 saturated carbocycles. The Kier molecular flexibility index (Phi) is 5.68. The van der Waals surface area contributed by atoms with Gasteiger partial charge in [-0.2, -0.15) is 0 Å². The van der Waals surface area contributed by atoms with Crippen LogP contribution in [0.1, 0.15) is 5.56 Å². The molecule has 1 heterocycles. The van der Waals surface area contributed by atoms with Gasteiger partial charge in [-0.05, 0) is 49.0 Å². The fourth-order valence-corrected chi connectivity index (χ4v) is 3.02. The molecule has 25 heavy (non-hydrogen) atoms. The number of likely N-dealkylation sites (N-methyl/N-ethyl adjacent to an activating group) is 1. The maximum atomic E-state index is 12.1. The van der Waals surface area contributed by atoms with Crippen LogP contribution in [0.25, 0.3) is 0 Å². The molecule has 2 aromatic rings. The highest BCUT2D eigenvalue weighted by atomic mass is 35.5. The van der Waals surface area contributed by atoms with Gasteiger partial charge in [0.15, 0.2) is 11.5 Å². The maximum Gasteiger partial charge on any atom is 0.238 e. The van der Waals surface area contributed by atoms with Crippen LogP contribution >= 0.6 is 23.2 Å². The number of ether oxygens (including phenoxy) is 2. The van der Waals surface area contributed by atoms with Crippen molar-refractivity contribution in [3.8, 4) is 11.5 Å². The third-order valence-corrected chi connectivity index (χ3v) is 4.18. The van der Waals surface area contributed by atoms with Gasteiger partial charge in [-0.1, -0.05) is 23.2 Å². The molecule has 0 saturated heterocycles. The molecule has 0 fully saturated rings. The van der Waals surface area contributed by atoms with E-state index >= 15 is 0 Å². The van der Waals surface area contributed by atoms with Gasteiger partial charge in [0.1, 0.15) is 13.2 Å². The van der Waals surface area contributed by atoms with Crippen molar-refractivity contribution in [2.75, 3.05) is 32.1 Å². The summed E-state index contributed by atoms with van der Waals surface area (Å²) in [7, 11) is 1.87. The summed E-state index contributed by atoms with van der Waals surface area (Å²) in [6, 6.07) is 10.7. The van der Waals surface area contributed by atoms with Crippen LogP contribution in [-0.2, 0) is 11.3 Å². The summed E-state index contributed by atoms with van der Waals surface area (Å²) < 4.78 is 11.1. The summed E-state index contributed by atoms with van der Waals surface area (Å²) >= 11 is 12.1. The Morgan fingerprint density at radius 2 is 1.88 bits per heavy atom. The topological polar surface area (TPSA) is 50.8 Å². The molecule has 2 aromatic carbocycles. The summed E-state index contributed by atoms with van der Waals surface area (Å²) in [4.78, 5) is 14.0. The Hall–Kier alpha value is -1.95. The van der Waals surface area contributed by atoms with Crippen LogP contribution in [0, 0.1) is 0 Å². The van der Waals surface area contributed by atoms with Crippen LogP contribution in [0.15, 0.2) is 36.4 Å². The summed E-state index contributed by atoms with van der Waals surface area (Å²) in [5.74, 6) is 1.13. The summed E-state index contributed by atoms with van der Waals surface area (Å²) in [5.41, 5.74) is 1.67. The minimum atomic E-state index is -0.103. The summed E-state index contributed by atoms with van der Waals surface area (Å²) in [6.45, 7) is 1.81. The van der Waals surface area contributed by atoms with Crippen molar-refractivity contribution in [3.05, 3.63) is 52.0 Å². The highest BCUT2D eigenvalue weighted by molar-refractivity contribution is 6.32. The standard InChI is InChI=1S/C18H18Cl2N2O3/c1-22(11-17(23)21-14-4-2-13(19)3-5-14)10-12-8-15(20)18-16(9-12)24-6-7-25-18/h2-5,8-9H,6-7,10-11H2,1H3,(H,21,23). The zero-order chi connectivity index (χ0) is 17.8. The molecule has 0 radical (unpaired) electrons. The molecule has 0 aliphatic carbocycles. The molecule has 0 aromatic heterocycles. The van der Waals surface area contributed by atoms with E-state index in [1.165, 1.54) is 0 Å². The van der Waals surface area contributed by atoms with Crippen molar-refractivity contribution in [1.82, 2.24) is 4.90 Å². The van der Waals surface area contributed by atoms with Crippen LogP contribution in [0.4, 0.5) is 5.69 Å². The third kappa shape index (κ3) is 4.78. The second-order valence-corrected chi connectivity index (χ2v) is 6.67. The van der Waals surface area contributed by atoms with Crippen molar-refractivity contribution in [2.24, 2.45) is 0 Å². The van der Waals surface area contributed by atoms with E-state index in [-0.39, 0.29) is 12.5 Å². The van der Waals surface area contributed by atoms with Crippen molar-refractivity contribution >= 4 is 34.8 Å². The van der Waals surface area contributed by atoms with E-state index in [0.717, 1.165) is 5.56 Å². The molecule has 0 atom stereocenters. The molecule has 1 aliphatic rings. The number of benzene rings is 2. The number of anilines is 1. The average molecular weight is 381 g/mol. The number of hydrogen-bond acceptors (Lipinski definition) is 4. The molecular formula is C18H18Cl2N2O3. The SMILES string of the molecule is CN(CC(=O)Nc1ccc(Cl)cc1)Cc1cc(Cl)c2c(c1)OCCO2. The van der Waals surface area contributed by atoms with Gasteiger partial charge in [-0.3, -0.25) is 9.69 Å². The number of halogens is 2. The van der Waals surface area contributed by atoms with E-state index in [1.54, 1.807) is 24.3 Å². The monoisotopic (exact) mass is 380 g/mol. The molecule has 0 bridgehead atoms. The van der Waals surface area contributed by atoms with E-state index in [2.05, 4.69) is 5.32 Å². The van der Waals surface area contributed by atoms with Gasteiger partial charge < -0.3 is 14.8 Å². The van der Waals surface area contributed by atoms with Gasteiger partial charge >= 0.3 is 0 Å². The number of nitrogens with zero attached hydrogens (tertiary/aromatic N) is 1. The van der Waals surface area contributed by atoms with Crippen LogP contribution < -0.4 is 14.8 Å². The quantitative estimate of drug-likeness (QED) is 0.855. The predicted octanol–water partition coefficient (Wildman–Crippen LogP) is 3.84. The van der Waals surface area contributed by atoms with E-state index in [0.29, 0.717) is 47.0 Å². The van der Waals surface area contributed by atoms with Gasteiger partial charge in [0.2, 0.25) is 5.91 Å². The van der Waals surface area contributed by atoms with Crippen LogP contribution in [0.2, 0.25) is 10.0 Å². The van der Waals surface area contributed by atoms with Crippen molar-refractivity contribution in [2.45, 2.75) is 6.54 Å². The number of amides is 1. The fraction of sp³-hybridized carbons (Fsp3) is 0.278. The zero-order valence-electron chi connectivity index (χ0n) is 13.7. The highest BCUT2D eigenvalue weighted by Crippen LogP contribution is 2.38. The van der Waals surface area contributed by atoms with Gasteiger partial charge in [-0.25, -0.2) is 0 Å². The number of nitrogens with one attached hydrogen (secondary N) is 1. The second kappa shape index (κ2) is 7.95. The van der Waals surface area contributed by atoms with Crippen LogP contribution in [0.3, 0.4) is 0 Å². The van der Waals surface area contributed by atoms with Gasteiger partial charge in [0.05, 0.1) is 11.6 Å². The number of carbonyl (C=O) groups excluding carboxylic acids is 1. The highest BCUT2D eigenvalue weighted by Gasteiger charge is 2.17. The van der Waals surface area contributed by atoms with E-state index in [9.17, 15) is 4.79 Å². The Balaban J connectivity index is 1.58. The lowest BCUT2D eigenvalue weighted by Crippen LogP contribution is -2.29. The first-order chi connectivity index (χ1) is 12.0.